The monoisotopic (exact) mass is 280 g/mol. The normalized spacial score (nSPS) is 11.3. The zero-order valence-electron chi connectivity index (χ0n) is 11.4. The van der Waals surface area contributed by atoms with Crippen molar-refractivity contribution in [2.75, 3.05) is 27.2 Å². The molecule has 3 amide bonds. The quantitative estimate of drug-likeness (QED) is 0.598. The van der Waals surface area contributed by atoms with Crippen molar-refractivity contribution < 1.29 is 9.59 Å². The average Bonchev–Trinajstić information content (AvgIpc) is 2.29. The summed E-state index contributed by atoms with van der Waals surface area (Å²) in [5, 5.41) is 5.47. The van der Waals surface area contributed by atoms with E-state index in [1.54, 1.807) is 11.9 Å². The minimum absolute atomic E-state index is 0. The number of nitrogens with two attached hydrogens (primary N) is 1. The molecule has 0 aromatic rings. The molecule has 6 nitrogen and oxygen atoms in total. The van der Waals surface area contributed by atoms with E-state index in [1.165, 1.54) is 0 Å². The summed E-state index contributed by atoms with van der Waals surface area (Å²) in [5.74, 6) is -0.0903. The number of unbranched alkanes of at least 4 members (excludes halogenated alkanes) is 1. The summed E-state index contributed by atoms with van der Waals surface area (Å²) in [7, 11) is 3.55. The number of nitrogens with zero attached hydrogens (tertiary/aromatic N) is 1. The number of hydrogen-bond acceptors (Lipinski definition) is 3. The van der Waals surface area contributed by atoms with Crippen LogP contribution in [0.5, 0.6) is 0 Å². The highest BCUT2D eigenvalue weighted by Crippen LogP contribution is 2.03. The SMILES string of the molecule is CCCCC(NC(N)=O)C(=O)N(C)CCNC.Cl. The van der Waals surface area contributed by atoms with Gasteiger partial charge in [-0.05, 0) is 13.5 Å². The Bertz CT molecular complexity index is 251. The zero-order chi connectivity index (χ0) is 13.3. The summed E-state index contributed by atoms with van der Waals surface area (Å²) < 4.78 is 0. The Morgan fingerprint density at radius 3 is 2.44 bits per heavy atom. The summed E-state index contributed by atoms with van der Waals surface area (Å²) in [5.41, 5.74) is 5.07. The maximum absolute atomic E-state index is 12.0. The van der Waals surface area contributed by atoms with Crippen molar-refractivity contribution >= 4 is 24.3 Å². The third kappa shape index (κ3) is 8.14. The van der Waals surface area contributed by atoms with Crippen molar-refractivity contribution in [3.05, 3.63) is 0 Å². The molecule has 0 aliphatic rings. The molecule has 0 radical (unpaired) electrons. The number of halogens is 1. The lowest BCUT2D eigenvalue weighted by Gasteiger charge is -2.23. The Morgan fingerprint density at radius 2 is 2.00 bits per heavy atom. The van der Waals surface area contributed by atoms with Gasteiger partial charge in [0.05, 0.1) is 0 Å². The smallest absolute Gasteiger partial charge is 0.312 e. The van der Waals surface area contributed by atoms with Crippen LogP contribution in [0.4, 0.5) is 4.79 Å². The van der Waals surface area contributed by atoms with E-state index in [1.807, 2.05) is 14.0 Å². The lowest BCUT2D eigenvalue weighted by Crippen LogP contribution is -2.50. The summed E-state index contributed by atoms with van der Waals surface area (Å²) in [6.45, 7) is 3.37. The predicted molar refractivity (Wildman–Crippen MR) is 74.8 cm³/mol. The summed E-state index contributed by atoms with van der Waals surface area (Å²) in [6, 6.07) is -1.16. The Hall–Kier alpha value is -1.01. The van der Waals surface area contributed by atoms with Crippen LogP contribution in [0.25, 0.3) is 0 Å². The first-order valence-electron chi connectivity index (χ1n) is 5.98. The van der Waals surface area contributed by atoms with Gasteiger partial charge in [-0.1, -0.05) is 19.8 Å². The first-order valence-corrected chi connectivity index (χ1v) is 5.98. The maximum atomic E-state index is 12.0. The molecule has 0 rings (SSSR count). The fourth-order valence-electron chi connectivity index (χ4n) is 1.49. The first kappa shape index (κ1) is 19.3. The van der Waals surface area contributed by atoms with Crippen LogP contribution in [-0.4, -0.2) is 50.1 Å². The van der Waals surface area contributed by atoms with Gasteiger partial charge in [0.1, 0.15) is 6.04 Å². The molecule has 1 unspecified atom stereocenters. The molecule has 1 atom stereocenters. The second-order valence-electron chi connectivity index (χ2n) is 4.07. The number of rotatable bonds is 8. The molecule has 108 valence electrons. The van der Waals surface area contributed by atoms with E-state index < -0.39 is 12.1 Å². The van der Waals surface area contributed by atoms with Crippen LogP contribution in [0.1, 0.15) is 26.2 Å². The van der Waals surface area contributed by atoms with E-state index >= 15 is 0 Å². The predicted octanol–water partition coefficient (Wildman–Crippen LogP) is 0.313. The van der Waals surface area contributed by atoms with E-state index in [9.17, 15) is 9.59 Å². The van der Waals surface area contributed by atoms with E-state index in [4.69, 9.17) is 5.73 Å². The van der Waals surface area contributed by atoms with E-state index in [0.29, 0.717) is 13.0 Å². The first-order chi connectivity index (χ1) is 8.02. The van der Waals surface area contributed by atoms with E-state index in [0.717, 1.165) is 19.4 Å². The molecule has 0 aromatic carbocycles. The largest absolute Gasteiger partial charge is 0.352 e. The van der Waals surface area contributed by atoms with Gasteiger partial charge in [-0.2, -0.15) is 0 Å². The van der Waals surface area contributed by atoms with Crippen LogP contribution < -0.4 is 16.4 Å². The highest BCUT2D eigenvalue weighted by molar-refractivity contribution is 5.86. The summed E-state index contributed by atoms with van der Waals surface area (Å²) in [4.78, 5) is 24.5. The second kappa shape index (κ2) is 11.1. The van der Waals surface area contributed by atoms with Gasteiger partial charge < -0.3 is 21.3 Å². The highest BCUT2D eigenvalue weighted by atomic mass is 35.5. The molecule has 0 aliphatic carbocycles. The van der Waals surface area contributed by atoms with Gasteiger partial charge in [0.15, 0.2) is 0 Å². The molecule has 0 saturated carbocycles. The van der Waals surface area contributed by atoms with Crippen LogP contribution in [-0.2, 0) is 4.79 Å². The molecule has 0 bridgehead atoms. The van der Waals surface area contributed by atoms with Crippen LogP contribution >= 0.6 is 12.4 Å². The lowest BCUT2D eigenvalue weighted by atomic mass is 10.1. The second-order valence-corrected chi connectivity index (χ2v) is 4.07. The van der Waals surface area contributed by atoms with Gasteiger partial charge in [0.2, 0.25) is 5.91 Å². The Balaban J connectivity index is 0. The summed E-state index contributed by atoms with van der Waals surface area (Å²) >= 11 is 0. The van der Waals surface area contributed by atoms with Crippen molar-refractivity contribution in [3.63, 3.8) is 0 Å². The van der Waals surface area contributed by atoms with E-state index in [2.05, 4.69) is 10.6 Å². The fourth-order valence-corrected chi connectivity index (χ4v) is 1.49. The molecule has 0 fully saturated rings. The number of nitrogens with one attached hydrogen (secondary N) is 2. The molecule has 7 heteroatoms. The number of carbonyl (C=O) groups excluding carboxylic acids is 2. The number of likely N-dealkylation sites (N-methyl/N-ethyl adjacent to an activating group) is 2. The number of urea groups is 1. The van der Waals surface area contributed by atoms with E-state index in [-0.39, 0.29) is 18.3 Å². The number of primary amides is 1. The van der Waals surface area contributed by atoms with Gasteiger partial charge in [-0.3, -0.25) is 4.79 Å². The molecule has 0 saturated heterocycles. The van der Waals surface area contributed by atoms with Gasteiger partial charge in [-0.25, -0.2) is 4.79 Å². The highest BCUT2D eigenvalue weighted by Gasteiger charge is 2.22. The zero-order valence-corrected chi connectivity index (χ0v) is 12.2. The number of carbonyl (C=O) groups is 2. The topological polar surface area (TPSA) is 87.5 Å². The molecule has 0 spiro atoms. The van der Waals surface area contributed by atoms with Crippen molar-refractivity contribution in [1.82, 2.24) is 15.5 Å². The van der Waals surface area contributed by atoms with Crippen molar-refractivity contribution in [1.29, 1.82) is 0 Å². The third-order valence-corrected chi connectivity index (χ3v) is 2.53. The Labute approximate surface area is 115 Å². The molecule has 0 heterocycles. The Morgan fingerprint density at radius 1 is 1.39 bits per heavy atom. The Kier molecular flexibility index (Phi) is 11.9. The molecule has 18 heavy (non-hydrogen) atoms. The van der Waals surface area contributed by atoms with Crippen LogP contribution in [0.3, 0.4) is 0 Å². The van der Waals surface area contributed by atoms with Gasteiger partial charge in [0.25, 0.3) is 0 Å². The minimum Gasteiger partial charge on any atom is -0.352 e. The fraction of sp³-hybridized carbons (Fsp3) is 0.818. The van der Waals surface area contributed by atoms with Crippen LogP contribution in [0.15, 0.2) is 0 Å². The minimum atomic E-state index is -0.651. The molecule has 0 aromatic heterocycles. The van der Waals surface area contributed by atoms with Crippen molar-refractivity contribution in [2.45, 2.75) is 32.2 Å². The van der Waals surface area contributed by atoms with Crippen LogP contribution in [0.2, 0.25) is 0 Å². The van der Waals surface area contributed by atoms with Gasteiger partial charge in [-0.15, -0.1) is 12.4 Å². The third-order valence-electron chi connectivity index (χ3n) is 2.53. The lowest BCUT2D eigenvalue weighted by molar-refractivity contribution is -0.132. The summed E-state index contributed by atoms with van der Waals surface area (Å²) in [6.07, 6.45) is 2.49. The van der Waals surface area contributed by atoms with Crippen LogP contribution in [0, 0.1) is 0 Å². The van der Waals surface area contributed by atoms with Crippen molar-refractivity contribution in [3.8, 4) is 0 Å². The molecule has 4 N–H and O–H groups in total. The van der Waals surface area contributed by atoms with Crippen molar-refractivity contribution in [2.24, 2.45) is 5.73 Å². The number of hydrogen-bond donors (Lipinski definition) is 3. The number of amides is 3. The molecular formula is C11H25ClN4O2. The molecular weight excluding hydrogens is 256 g/mol. The standard InChI is InChI=1S/C11H24N4O2.ClH/c1-4-5-6-9(14-11(12)17)10(16)15(3)8-7-13-2;/h9,13H,4-8H2,1-3H3,(H3,12,14,17);1H. The maximum Gasteiger partial charge on any atom is 0.312 e. The van der Waals surface area contributed by atoms with Gasteiger partial charge in [0, 0.05) is 20.1 Å². The molecule has 0 aliphatic heterocycles. The average molecular weight is 281 g/mol. The van der Waals surface area contributed by atoms with Gasteiger partial charge >= 0.3 is 6.03 Å².